The second-order valence-electron chi connectivity index (χ2n) is 6.27. The summed E-state index contributed by atoms with van der Waals surface area (Å²) in [6.07, 6.45) is 3.96. The van der Waals surface area contributed by atoms with Gasteiger partial charge in [-0.05, 0) is 48.4 Å². The number of thioether (sulfide) groups is 1. The number of benzene rings is 2. The summed E-state index contributed by atoms with van der Waals surface area (Å²) in [6, 6.07) is 19.9. The molecule has 0 N–H and O–H groups in total. The Hall–Kier alpha value is -1.72. The predicted molar refractivity (Wildman–Crippen MR) is 86.3 cm³/mol. The molecule has 2 aromatic rings. The third-order valence-corrected chi connectivity index (χ3v) is 6.06. The maximum Gasteiger partial charge on any atom is 0.0697 e. The fourth-order valence-corrected chi connectivity index (χ4v) is 5.25. The minimum Gasteiger partial charge on any atom is -0.198 e. The van der Waals surface area contributed by atoms with Gasteiger partial charge < -0.3 is 0 Å². The maximum absolute atomic E-state index is 9.81. The molecule has 1 aliphatic heterocycles. The van der Waals surface area contributed by atoms with E-state index in [1.165, 1.54) is 21.6 Å². The van der Waals surface area contributed by atoms with Crippen LogP contribution in [0.4, 0.5) is 0 Å². The van der Waals surface area contributed by atoms with E-state index in [0.29, 0.717) is 5.25 Å². The molecule has 2 heteroatoms. The van der Waals surface area contributed by atoms with Crippen LogP contribution in [0, 0.1) is 16.7 Å². The fourth-order valence-electron chi connectivity index (χ4n) is 3.77. The van der Waals surface area contributed by atoms with E-state index in [-0.39, 0.29) is 5.41 Å². The molecule has 1 unspecified atom stereocenters. The lowest BCUT2D eigenvalue weighted by molar-refractivity contribution is 0.381. The van der Waals surface area contributed by atoms with E-state index in [4.69, 9.17) is 0 Å². The highest BCUT2D eigenvalue weighted by molar-refractivity contribution is 8.00. The Morgan fingerprint density at radius 3 is 2.24 bits per heavy atom. The van der Waals surface area contributed by atoms with E-state index in [2.05, 4.69) is 54.6 Å². The smallest absolute Gasteiger partial charge is 0.0697 e. The van der Waals surface area contributed by atoms with E-state index < -0.39 is 0 Å². The van der Waals surface area contributed by atoms with Gasteiger partial charge in [-0.2, -0.15) is 5.26 Å². The van der Waals surface area contributed by atoms with E-state index in [0.717, 1.165) is 25.7 Å². The lowest BCUT2D eigenvalue weighted by Crippen LogP contribution is -2.24. The quantitative estimate of drug-likeness (QED) is 0.818. The molecule has 1 atom stereocenters. The van der Waals surface area contributed by atoms with Crippen molar-refractivity contribution in [3.63, 3.8) is 0 Å². The number of nitrogens with zero attached hydrogens (tertiary/aromatic N) is 1. The van der Waals surface area contributed by atoms with Crippen molar-refractivity contribution >= 4 is 11.8 Å². The molecule has 1 nitrogen and oxygen atoms in total. The molecule has 1 heterocycles. The molecule has 104 valence electrons. The zero-order chi connectivity index (χ0) is 14.3. The molecule has 1 aliphatic carbocycles. The molecule has 0 saturated heterocycles. The van der Waals surface area contributed by atoms with Crippen molar-refractivity contribution in [2.45, 2.75) is 35.8 Å². The molecule has 0 bridgehead atoms. The number of nitriles is 1. The van der Waals surface area contributed by atoms with Crippen LogP contribution in [-0.2, 0) is 19.3 Å². The van der Waals surface area contributed by atoms with Crippen molar-refractivity contribution < 1.29 is 0 Å². The molecule has 0 aromatic heterocycles. The van der Waals surface area contributed by atoms with E-state index in [1.807, 2.05) is 11.8 Å². The lowest BCUT2D eigenvalue weighted by Gasteiger charge is -2.23. The van der Waals surface area contributed by atoms with Crippen LogP contribution in [0.25, 0.3) is 0 Å². The van der Waals surface area contributed by atoms with Gasteiger partial charge in [-0.1, -0.05) is 42.5 Å². The van der Waals surface area contributed by atoms with E-state index >= 15 is 0 Å². The molecule has 4 rings (SSSR count). The van der Waals surface area contributed by atoms with Crippen LogP contribution in [0.3, 0.4) is 0 Å². The van der Waals surface area contributed by atoms with Crippen LogP contribution < -0.4 is 0 Å². The third-order valence-electron chi connectivity index (χ3n) is 4.75. The second-order valence-corrected chi connectivity index (χ2v) is 7.61. The lowest BCUT2D eigenvalue weighted by atomic mass is 9.81. The largest absolute Gasteiger partial charge is 0.198 e. The van der Waals surface area contributed by atoms with Gasteiger partial charge in [0.1, 0.15) is 0 Å². The van der Waals surface area contributed by atoms with Gasteiger partial charge in [-0.3, -0.25) is 0 Å². The number of rotatable bonds is 2. The first-order valence-corrected chi connectivity index (χ1v) is 8.39. The van der Waals surface area contributed by atoms with Crippen LogP contribution >= 0.6 is 11.8 Å². The number of fused-ring (bicyclic) bond motifs is 2. The predicted octanol–water partition coefficient (Wildman–Crippen LogP) is 4.40. The van der Waals surface area contributed by atoms with E-state index in [1.54, 1.807) is 0 Å². The Kier molecular flexibility index (Phi) is 3.05. The molecule has 0 fully saturated rings. The summed E-state index contributed by atoms with van der Waals surface area (Å²) >= 11 is 1.96. The van der Waals surface area contributed by atoms with Crippen molar-refractivity contribution in [2.24, 2.45) is 5.41 Å². The first-order valence-electron chi connectivity index (χ1n) is 7.51. The maximum atomic E-state index is 9.81. The summed E-state index contributed by atoms with van der Waals surface area (Å²) in [5, 5.41) is 10.4. The molecule has 2 aromatic carbocycles. The number of hydrogen-bond acceptors (Lipinski definition) is 2. The monoisotopic (exact) mass is 291 g/mol. The standard InChI is InChI=1S/C19H17NS/c20-13-19(10-15-6-1-2-7-16(15)11-19)12-17-9-14-5-3-4-8-18(14)21-17/h1-8,17H,9-12H2. The van der Waals surface area contributed by atoms with Gasteiger partial charge in [-0.25, -0.2) is 0 Å². The Labute approximate surface area is 130 Å². The second kappa shape index (κ2) is 4.93. The van der Waals surface area contributed by atoms with Gasteiger partial charge in [0.2, 0.25) is 0 Å². The molecular weight excluding hydrogens is 274 g/mol. The first-order chi connectivity index (χ1) is 10.3. The van der Waals surface area contributed by atoms with Crippen LogP contribution in [0.2, 0.25) is 0 Å². The van der Waals surface area contributed by atoms with Crippen molar-refractivity contribution in [1.29, 1.82) is 5.26 Å². The topological polar surface area (TPSA) is 23.8 Å². The van der Waals surface area contributed by atoms with Crippen molar-refractivity contribution in [2.75, 3.05) is 0 Å². The minimum absolute atomic E-state index is 0.191. The van der Waals surface area contributed by atoms with Gasteiger partial charge in [0, 0.05) is 10.1 Å². The van der Waals surface area contributed by atoms with Crippen LogP contribution in [0.1, 0.15) is 23.1 Å². The third kappa shape index (κ3) is 2.26. The van der Waals surface area contributed by atoms with Crippen LogP contribution in [0.15, 0.2) is 53.4 Å². The van der Waals surface area contributed by atoms with Gasteiger partial charge >= 0.3 is 0 Å². The molecule has 21 heavy (non-hydrogen) atoms. The summed E-state index contributed by atoms with van der Waals surface area (Å²) in [4.78, 5) is 1.41. The summed E-state index contributed by atoms with van der Waals surface area (Å²) in [7, 11) is 0. The molecule has 0 amide bonds. The SMILES string of the molecule is N#CC1(CC2Cc3ccccc3S2)Cc2ccccc2C1. The highest BCUT2D eigenvalue weighted by atomic mass is 32.2. The molecule has 0 saturated carbocycles. The fraction of sp³-hybridized carbons (Fsp3) is 0.316. The van der Waals surface area contributed by atoms with Gasteiger partial charge in [0.05, 0.1) is 11.5 Å². The molecular formula is C19H17NS. The summed E-state index contributed by atoms with van der Waals surface area (Å²) < 4.78 is 0. The Morgan fingerprint density at radius 1 is 1.00 bits per heavy atom. The van der Waals surface area contributed by atoms with Gasteiger partial charge in [-0.15, -0.1) is 11.8 Å². The van der Waals surface area contributed by atoms with Crippen molar-refractivity contribution in [3.05, 3.63) is 65.2 Å². The van der Waals surface area contributed by atoms with Crippen molar-refractivity contribution in [3.8, 4) is 6.07 Å². The summed E-state index contributed by atoms with van der Waals surface area (Å²) in [5.41, 5.74) is 4.01. The molecule has 2 aliphatic rings. The Morgan fingerprint density at radius 2 is 1.62 bits per heavy atom. The molecule has 0 radical (unpaired) electrons. The Balaban J connectivity index is 1.54. The highest BCUT2D eigenvalue weighted by Gasteiger charge is 2.40. The van der Waals surface area contributed by atoms with E-state index in [9.17, 15) is 5.26 Å². The zero-order valence-electron chi connectivity index (χ0n) is 11.9. The average molecular weight is 291 g/mol. The molecule has 0 spiro atoms. The normalized spacial score (nSPS) is 21.6. The van der Waals surface area contributed by atoms with Gasteiger partial charge in [0.15, 0.2) is 0 Å². The highest BCUT2D eigenvalue weighted by Crippen LogP contribution is 2.46. The summed E-state index contributed by atoms with van der Waals surface area (Å²) in [6.45, 7) is 0. The van der Waals surface area contributed by atoms with Gasteiger partial charge in [0.25, 0.3) is 0 Å². The van der Waals surface area contributed by atoms with Crippen LogP contribution in [0.5, 0.6) is 0 Å². The zero-order valence-corrected chi connectivity index (χ0v) is 12.7. The summed E-state index contributed by atoms with van der Waals surface area (Å²) in [5.74, 6) is 0. The number of hydrogen-bond donors (Lipinski definition) is 0. The minimum atomic E-state index is -0.191. The van der Waals surface area contributed by atoms with Crippen molar-refractivity contribution in [1.82, 2.24) is 0 Å². The first kappa shape index (κ1) is 13.0. The Bertz CT molecular complexity index is 678. The average Bonchev–Trinajstić information content (AvgIpc) is 3.07. The van der Waals surface area contributed by atoms with Crippen LogP contribution in [-0.4, -0.2) is 5.25 Å².